The van der Waals surface area contributed by atoms with E-state index in [1.54, 1.807) is 6.92 Å². The van der Waals surface area contributed by atoms with Crippen LogP contribution in [0.5, 0.6) is 0 Å². The lowest BCUT2D eigenvalue weighted by atomic mass is 10.4. The summed E-state index contributed by atoms with van der Waals surface area (Å²) in [5.74, 6) is -1.01. The molecular weight excluding hydrogens is 192 g/mol. The van der Waals surface area contributed by atoms with E-state index in [-0.39, 0.29) is 5.75 Å². The molecule has 0 amide bonds. The van der Waals surface area contributed by atoms with Gasteiger partial charge in [0.25, 0.3) is 0 Å². The molecule has 0 aliphatic carbocycles. The number of nitrogens with zero attached hydrogens (tertiary/aromatic N) is 1. The van der Waals surface area contributed by atoms with Gasteiger partial charge >= 0.3 is 11.7 Å². The van der Waals surface area contributed by atoms with Gasteiger partial charge in [0, 0.05) is 6.20 Å². The van der Waals surface area contributed by atoms with E-state index in [0.717, 1.165) is 17.3 Å². The maximum atomic E-state index is 10.8. The van der Waals surface area contributed by atoms with Crippen LogP contribution >= 0.6 is 11.8 Å². The van der Waals surface area contributed by atoms with Gasteiger partial charge in [0.2, 0.25) is 0 Å². The molecule has 70 valence electrons. The highest BCUT2D eigenvalue weighted by atomic mass is 32.2. The summed E-state index contributed by atoms with van der Waals surface area (Å²) < 4.78 is 0. The van der Waals surface area contributed by atoms with Crippen LogP contribution in [0.1, 0.15) is 5.56 Å². The van der Waals surface area contributed by atoms with E-state index in [2.05, 4.69) is 9.97 Å². The predicted molar refractivity (Wildman–Crippen MR) is 48.0 cm³/mol. The van der Waals surface area contributed by atoms with Gasteiger partial charge in [-0.3, -0.25) is 4.79 Å². The molecule has 5 nitrogen and oxygen atoms in total. The molecule has 0 saturated heterocycles. The highest BCUT2D eigenvalue weighted by Crippen LogP contribution is 2.16. The second kappa shape index (κ2) is 4.08. The predicted octanol–water partition coefficient (Wildman–Crippen LogP) is 0.255. The molecule has 0 bridgehead atoms. The highest BCUT2D eigenvalue weighted by molar-refractivity contribution is 7.99. The number of thioether (sulfide) groups is 1. The van der Waals surface area contributed by atoms with Crippen molar-refractivity contribution in [1.29, 1.82) is 0 Å². The van der Waals surface area contributed by atoms with Crippen molar-refractivity contribution >= 4 is 17.7 Å². The van der Waals surface area contributed by atoms with Crippen molar-refractivity contribution in [3.63, 3.8) is 0 Å². The zero-order valence-corrected chi connectivity index (χ0v) is 7.72. The number of H-pyrrole nitrogens is 1. The quantitative estimate of drug-likeness (QED) is 0.540. The van der Waals surface area contributed by atoms with Gasteiger partial charge in [0.15, 0.2) is 0 Å². The van der Waals surface area contributed by atoms with Gasteiger partial charge in [0.1, 0.15) is 5.03 Å². The highest BCUT2D eigenvalue weighted by Gasteiger charge is 2.04. The molecule has 0 aliphatic rings. The third kappa shape index (κ3) is 2.90. The lowest BCUT2D eigenvalue weighted by molar-refractivity contribution is -0.133. The van der Waals surface area contributed by atoms with Crippen LogP contribution in [0.4, 0.5) is 0 Å². The number of nitrogens with one attached hydrogen (secondary N) is 1. The topological polar surface area (TPSA) is 83.0 Å². The summed E-state index contributed by atoms with van der Waals surface area (Å²) in [6.07, 6.45) is 1.51. The van der Waals surface area contributed by atoms with Crippen LogP contribution in [0.25, 0.3) is 0 Å². The van der Waals surface area contributed by atoms with Gasteiger partial charge in [-0.05, 0) is 12.5 Å². The first-order valence-electron chi connectivity index (χ1n) is 3.50. The van der Waals surface area contributed by atoms with Gasteiger partial charge in [0.05, 0.1) is 5.75 Å². The fraction of sp³-hybridized carbons (Fsp3) is 0.286. The summed E-state index contributed by atoms with van der Waals surface area (Å²) >= 11 is 1.04. The molecule has 0 aromatic carbocycles. The number of hydrogen-bond donors (Lipinski definition) is 2. The van der Waals surface area contributed by atoms with E-state index >= 15 is 0 Å². The first-order valence-corrected chi connectivity index (χ1v) is 4.49. The summed E-state index contributed by atoms with van der Waals surface area (Å²) in [4.78, 5) is 27.0. The van der Waals surface area contributed by atoms with E-state index in [0.29, 0.717) is 5.03 Å². The molecule has 1 aromatic heterocycles. The van der Waals surface area contributed by atoms with Gasteiger partial charge in [-0.15, -0.1) is 0 Å². The van der Waals surface area contributed by atoms with Crippen molar-refractivity contribution in [3.8, 4) is 0 Å². The number of aryl methyl sites for hydroxylation is 1. The number of carboxylic acids is 1. The number of carbonyl (C=O) groups is 1. The minimum absolute atomic E-state index is 0.0860. The number of aromatic amines is 1. The Bertz CT molecular complexity index is 374. The fourth-order valence-corrected chi connectivity index (χ4v) is 1.41. The summed E-state index contributed by atoms with van der Waals surface area (Å²) in [6, 6.07) is 0. The summed E-state index contributed by atoms with van der Waals surface area (Å²) in [5.41, 5.74) is 0.310. The van der Waals surface area contributed by atoms with Crippen molar-refractivity contribution in [2.75, 3.05) is 5.75 Å². The zero-order valence-electron chi connectivity index (χ0n) is 6.90. The monoisotopic (exact) mass is 200 g/mol. The lowest BCUT2D eigenvalue weighted by Crippen LogP contribution is -2.11. The van der Waals surface area contributed by atoms with E-state index < -0.39 is 11.7 Å². The molecular formula is C7H8N2O3S. The number of carboxylic acid groups (broad SMARTS) is 1. The second-order valence-corrected chi connectivity index (χ2v) is 3.34. The summed E-state index contributed by atoms with van der Waals surface area (Å²) in [5, 5.41) is 8.86. The second-order valence-electron chi connectivity index (χ2n) is 2.38. The lowest BCUT2D eigenvalue weighted by Gasteiger charge is -1.99. The fourth-order valence-electron chi connectivity index (χ4n) is 0.721. The third-order valence-corrected chi connectivity index (χ3v) is 2.36. The largest absolute Gasteiger partial charge is 0.481 e. The molecule has 2 N–H and O–H groups in total. The number of aromatic nitrogens is 2. The first-order chi connectivity index (χ1) is 6.09. The average molecular weight is 200 g/mol. The SMILES string of the molecule is Cc1c[nH]c(=O)nc1SCC(=O)O. The number of aliphatic carboxylic acids is 1. The van der Waals surface area contributed by atoms with E-state index in [1.165, 1.54) is 6.20 Å². The zero-order chi connectivity index (χ0) is 9.84. The Morgan fingerprint density at radius 1 is 1.77 bits per heavy atom. The van der Waals surface area contributed by atoms with Gasteiger partial charge in [-0.2, -0.15) is 4.98 Å². The number of rotatable bonds is 3. The molecule has 0 saturated carbocycles. The summed E-state index contributed by atoms with van der Waals surface area (Å²) in [7, 11) is 0. The molecule has 0 spiro atoms. The Kier molecular flexibility index (Phi) is 3.07. The molecule has 0 atom stereocenters. The maximum Gasteiger partial charge on any atom is 0.345 e. The molecule has 0 radical (unpaired) electrons. The van der Waals surface area contributed by atoms with Crippen molar-refractivity contribution in [2.24, 2.45) is 0 Å². The molecule has 0 unspecified atom stereocenters. The Hall–Kier alpha value is -1.30. The third-order valence-electron chi connectivity index (χ3n) is 1.28. The molecule has 0 fully saturated rings. The van der Waals surface area contributed by atoms with Crippen molar-refractivity contribution in [1.82, 2.24) is 9.97 Å². The minimum atomic E-state index is -0.925. The molecule has 1 aromatic rings. The van der Waals surface area contributed by atoms with E-state index in [4.69, 9.17) is 5.11 Å². The van der Waals surface area contributed by atoms with Crippen LogP contribution in [0.3, 0.4) is 0 Å². The molecule has 1 rings (SSSR count). The van der Waals surface area contributed by atoms with Crippen LogP contribution < -0.4 is 5.69 Å². The van der Waals surface area contributed by atoms with Crippen LogP contribution in [-0.4, -0.2) is 26.8 Å². The maximum absolute atomic E-state index is 10.8. The van der Waals surface area contributed by atoms with Gasteiger partial charge < -0.3 is 10.1 Å². The Morgan fingerprint density at radius 3 is 3.08 bits per heavy atom. The normalized spacial score (nSPS) is 9.92. The summed E-state index contributed by atoms with van der Waals surface area (Å²) in [6.45, 7) is 1.76. The standard InChI is InChI=1S/C7H8N2O3S/c1-4-2-8-7(12)9-6(4)13-3-5(10)11/h2H,3H2,1H3,(H,10,11)(H,8,9,12). The van der Waals surface area contributed by atoms with Crippen LogP contribution in [-0.2, 0) is 4.79 Å². The molecule has 13 heavy (non-hydrogen) atoms. The number of hydrogen-bond acceptors (Lipinski definition) is 4. The smallest absolute Gasteiger partial charge is 0.345 e. The van der Waals surface area contributed by atoms with Gasteiger partial charge in [-0.1, -0.05) is 11.8 Å². The van der Waals surface area contributed by atoms with Crippen molar-refractivity contribution < 1.29 is 9.90 Å². The van der Waals surface area contributed by atoms with Crippen molar-refractivity contribution in [3.05, 3.63) is 22.2 Å². The van der Waals surface area contributed by atoms with Gasteiger partial charge in [-0.25, -0.2) is 4.79 Å². The minimum Gasteiger partial charge on any atom is -0.481 e. The molecule has 0 aliphatic heterocycles. The first kappa shape index (κ1) is 9.79. The Morgan fingerprint density at radius 2 is 2.46 bits per heavy atom. The van der Waals surface area contributed by atoms with Crippen LogP contribution in [0.2, 0.25) is 0 Å². The molecule has 1 heterocycles. The van der Waals surface area contributed by atoms with Crippen molar-refractivity contribution in [2.45, 2.75) is 11.9 Å². The van der Waals surface area contributed by atoms with E-state index in [1.807, 2.05) is 0 Å². The van der Waals surface area contributed by atoms with Crippen LogP contribution in [0, 0.1) is 6.92 Å². The average Bonchev–Trinajstić information content (AvgIpc) is 2.06. The Labute approximate surface area is 78.2 Å². The Balaban J connectivity index is 2.81. The molecule has 6 heteroatoms. The van der Waals surface area contributed by atoms with Crippen LogP contribution in [0.15, 0.2) is 16.0 Å². The van der Waals surface area contributed by atoms with E-state index in [9.17, 15) is 9.59 Å².